The quantitative estimate of drug-likeness (QED) is 0.916. The number of primary amides is 1. The van der Waals surface area contributed by atoms with E-state index in [1.165, 1.54) is 0 Å². The van der Waals surface area contributed by atoms with Crippen LogP contribution in [0.5, 0.6) is 5.75 Å². The number of benzene rings is 1. The van der Waals surface area contributed by atoms with Crippen LogP contribution >= 0.6 is 0 Å². The van der Waals surface area contributed by atoms with Gasteiger partial charge in [-0.05, 0) is 36.8 Å². The summed E-state index contributed by atoms with van der Waals surface area (Å²) in [6, 6.07) is 7.90. The Hall–Kier alpha value is -2.04. The molecule has 2 aliphatic heterocycles. The summed E-state index contributed by atoms with van der Waals surface area (Å²) in [5.41, 5.74) is 6.35. The monoisotopic (exact) mass is 302 g/mol. The van der Waals surface area contributed by atoms with E-state index in [9.17, 15) is 9.59 Å². The molecule has 1 aromatic carbocycles. The normalized spacial score (nSPS) is 21.8. The van der Waals surface area contributed by atoms with E-state index >= 15 is 0 Å². The van der Waals surface area contributed by atoms with E-state index in [0.717, 1.165) is 43.7 Å². The van der Waals surface area contributed by atoms with Gasteiger partial charge in [0.25, 0.3) is 0 Å². The molecule has 5 nitrogen and oxygen atoms in total. The van der Waals surface area contributed by atoms with Gasteiger partial charge in [-0.15, -0.1) is 0 Å². The molecule has 2 N–H and O–H groups in total. The molecule has 1 saturated heterocycles. The molecule has 1 unspecified atom stereocenters. The first-order valence-corrected chi connectivity index (χ1v) is 7.91. The number of likely N-dealkylation sites (tertiary alicyclic amines) is 1. The summed E-state index contributed by atoms with van der Waals surface area (Å²) < 4.78 is 5.71. The summed E-state index contributed by atoms with van der Waals surface area (Å²) in [5.74, 6) is 1.05. The molecule has 22 heavy (non-hydrogen) atoms. The zero-order valence-electron chi connectivity index (χ0n) is 12.7. The lowest BCUT2D eigenvalue weighted by atomic mass is 9.91. The van der Waals surface area contributed by atoms with Crippen molar-refractivity contribution in [3.05, 3.63) is 29.8 Å². The summed E-state index contributed by atoms with van der Waals surface area (Å²) in [6.45, 7) is 1.89. The van der Waals surface area contributed by atoms with E-state index in [-0.39, 0.29) is 17.7 Å². The van der Waals surface area contributed by atoms with E-state index in [2.05, 4.69) is 0 Å². The van der Waals surface area contributed by atoms with Crippen LogP contribution in [0.3, 0.4) is 0 Å². The predicted octanol–water partition coefficient (Wildman–Crippen LogP) is 1.35. The highest BCUT2D eigenvalue weighted by atomic mass is 16.5. The molecular formula is C17H22N2O3. The highest BCUT2D eigenvalue weighted by molar-refractivity contribution is 5.80. The third kappa shape index (κ3) is 3.24. The van der Waals surface area contributed by atoms with Crippen LogP contribution in [0.25, 0.3) is 0 Å². The fourth-order valence-electron chi connectivity index (χ4n) is 3.39. The van der Waals surface area contributed by atoms with Crippen molar-refractivity contribution in [3.63, 3.8) is 0 Å². The summed E-state index contributed by atoms with van der Waals surface area (Å²) in [5, 5.41) is 0. The Morgan fingerprint density at radius 1 is 1.23 bits per heavy atom. The van der Waals surface area contributed by atoms with Crippen molar-refractivity contribution in [2.75, 3.05) is 19.7 Å². The van der Waals surface area contributed by atoms with E-state index in [1.807, 2.05) is 29.2 Å². The second-order valence-electron chi connectivity index (χ2n) is 6.26. The molecule has 2 aliphatic rings. The number of piperidine rings is 1. The molecule has 2 heterocycles. The molecule has 118 valence electrons. The standard InChI is InChI=1S/C17H22N2O3/c18-16(20)9-12-5-7-19(8-6-12)17(21)14-10-13-3-1-2-4-15(13)22-11-14/h1-4,12,14H,5-11H2,(H2,18,20). The largest absolute Gasteiger partial charge is 0.492 e. The summed E-state index contributed by atoms with van der Waals surface area (Å²) in [6.07, 6.45) is 2.90. The maximum absolute atomic E-state index is 12.6. The van der Waals surface area contributed by atoms with Crippen LogP contribution in [0.1, 0.15) is 24.8 Å². The van der Waals surface area contributed by atoms with Gasteiger partial charge in [0.2, 0.25) is 11.8 Å². The lowest BCUT2D eigenvalue weighted by molar-refractivity contribution is -0.138. The first-order valence-electron chi connectivity index (χ1n) is 7.91. The smallest absolute Gasteiger partial charge is 0.229 e. The Morgan fingerprint density at radius 3 is 2.68 bits per heavy atom. The van der Waals surface area contributed by atoms with Gasteiger partial charge >= 0.3 is 0 Å². The molecule has 0 aromatic heterocycles. The molecule has 0 bridgehead atoms. The molecule has 3 rings (SSSR count). The van der Waals surface area contributed by atoms with Gasteiger partial charge in [-0.2, -0.15) is 0 Å². The van der Waals surface area contributed by atoms with E-state index in [1.54, 1.807) is 0 Å². The van der Waals surface area contributed by atoms with Crippen molar-refractivity contribution in [2.24, 2.45) is 17.6 Å². The second kappa shape index (κ2) is 6.38. The maximum atomic E-state index is 12.6. The Morgan fingerprint density at radius 2 is 1.95 bits per heavy atom. The predicted molar refractivity (Wildman–Crippen MR) is 82.2 cm³/mol. The van der Waals surface area contributed by atoms with Crippen molar-refractivity contribution in [1.82, 2.24) is 4.90 Å². The van der Waals surface area contributed by atoms with E-state index < -0.39 is 0 Å². The van der Waals surface area contributed by atoms with Crippen molar-refractivity contribution >= 4 is 11.8 Å². The number of amides is 2. The lowest BCUT2D eigenvalue weighted by Gasteiger charge is -2.35. The number of fused-ring (bicyclic) bond motifs is 1. The Labute approximate surface area is 130 Å². The van der Waals surface area contributed by atoms with Crippen LogP contribution in [0.15, 0.2) is 24.3 Å². The molecule has 0 saturated carbocycles. The maximum Gasteiger partial charge on any atom is 0.229 e. The third-order valence-corrected chi connectivity index (χ3v) is 4.64. The number of hydrogen-bond acceptors (Lipinski definition) is 3. The van der Waals surface area contributed by atoms with Gasteiger partial charge in [0.15, 0.2) is 0 Å². The Bertz CT molecular complexity index is 565. The van der Waals surface area contributed by atoms with Crippen LogP contribution in [0.4, 0.5) is 0 Å². The minimum absolute atomic E-state index is 0.0948. The van der Waals surface area contributed by atoms with E-state index in [0.29, 0.717) is 18.9 Å². The fraction of sp³-hybridized carbons (Fsp3) is 0.529. The summed E-state index contributed by atoms with van der Waals surface area (Å²) in [7, 11) is 0. The molecule has 1 aromatic rings. The summed E-state index contributed by atoms with van der Waals surface area (Å²) in [4.78, 5) is 25.5. The second-order valence-corrected chi connectivity index (χ2v) is 6.26. The van der Waals surface area contributed by atoms with Gasteiger partial charge in [0.1, 0.15) is 12.4 Å². The average molecular weight is 302 g/mol. The first-order chi connectivity index (χ1) is 10.6. The molecule has 2 amide bonds. The molecule has 1 atom stereocenters. The molecule has 0 spiro atoms. The van der Waals surface area contributed by atoms with E-state index in [4.69, 9.17) is 10.5 Å². The van der Waals surface area contributed by atoms with Gasteiger partial charge in [-0.25, -0.2) is 0 Å². The highest BCUT2D eigenvalue weighted by Crippen LogP contribution is 2.29. The molecular weight excluding hydrogens is 280 g/mol. The first kappa shape index (κ1) is 14.9. The van der Waals surface area contributed by atoms with Gasteiger partial charge in [-0.3, -0.25) is 9.59 Å². The summed E-state index contributed by atoms with van der Waals surface area (Å²) >= 11 is 0. The highest BCUT2D eigenvalue weighted by Gasteiger charge is 2.31. The Balaban J connectivity index is 1.56. The van der Waals surface area contributed by atoms with Gasteiger partial charge < -0.3 is 15.4 Å². The Kier molecular flexibility index (Phi) is 4.32. The minimum atomic E-state index is -0.248. The van der Waals surface area contributed by atoms with Crippen LogP contribution < -0.4 is 10.5 Å². The van der Waals surface area contributed by atoms with Gasteiger partial charge in [-0.1, -0.05) is 18.2 Å². The molecule has 5 heteroatoms. The van der Waals surface area contributed by atoms with Crippen molar-refractivity contribution in [1.29, 1.82) is 0 Å². The molecule has 0 radical (unpaired) electrons. The number of nitrogens with zero attached hydrogens (tertiary/aromatic N) is 1. The number of carbonyl (C=O) groups is 2. The topological polar surface area (TPSA) is 72.6 Å². The van der Waals surface area contributed by atoms with Crippen LogP contribution in [0, 0.1) is 11.8 Å². The zero-order valence-corrected chi connectivity index (χ0v) is 12.7. The third-order valence-electron chi connectivity index (χ3n) is 4.64. The van der Waals surface area contributed by atoms with Crippen molar-refractivity contribution in [3.8, 4) is 5.75 Å². The molecule has 1 fully saturated rings. The van der Waals surface area contributed by atoms with Crippen molar-refractivity contribution in [2.45, 2.75) is 25.7 Å². The number of para-hydroxylation sites is 1. The van der Waals surface area contributed by atoms with Crippen LogP contribution in [-0.4, -0.2) is 36.4 Å². The fourth-order valence-corrected chi connectivity index (χ4v) is 3.39. The number of hydrogen-bond donors (Lipinski definition) is 1. The zero-order chi connectivity index (χ0) is 15.5. The average Bonchev–Trinajstić information content (AvgIpc) is 2.54. The van der Waals surface area contributed by atoms with Gasteiger partial charge in [0, 0.05) is 19.5 Å². The van der Waals surface area contributed by atoms with Gasteiger partial charge in [0.05, 0.1) is 5.92 Å². The molecule has 0 aliphatic carbocycles. The van der Waals surface area contributed by atoms with Crippen molar-refractivity contribution < 1.29 is 14.3 Å². The number of ether oxygens (including phenoxy) is 1. The minimum Gasteiger partial charge on any atom is -0.492 e. The van der Waals surface area contributed by atoms with Crippen LogP contribution in [0.2, 0.25) is 0 Å². The number of nitrogens with two attached hydrogens (primary N) is 1. The number of rotatable bonds is 3. The van der Waals surface area contributed by atoms with Crippen LogP contribution in [-0.2, 0) is 16.0 Å². The SMILES string of the molecule is NC(=O)CC1CCN(C(=O)C2COc3ccccc3C2)CC1. The lowest BCUT2D eigenvalue weighted by Crippen LogP contribution is -2.45. The number of carbonyl (C=O) groups excluding carboxylic acids is 2.